The third-order valence-electron chi connectivity index (χ3n) is 4.85. The fourth-order valence-electron chi connectivity index (χ4n) is 3.59. The van der Waals surface area contributed by atoms with Gasteiger partial charge in [-0.25, -0.2) is 5.06 Å². The van der Waals surface area contributed by atoms with Crippen LogP contribution in [0.1, 0.15) is 11.6 Å². The molecule has 2 saturated heterocycles. The van der Waals surface area contributed by atoms with Crippen LogP contribution in [0.25, 0.3) is 0 Å². The van der Waals surface area contributed by atoms with Gasteiger partial charge in [-0.15, -0.1) is 0 Å². The van der Waals surface area contributed by atoms with Crippen LogP contribution in [0.15, 0.2) is 48.8 Å². The number of aromatic nitrogens is 1. The summed E-state index contributed by atoms with van der Waals surface area (Å²) in [6.07, 6.45) is 2.46. The molecule has 2 aliphatic rings. The van der Waals surface area contributed by atoms with Crippen LogP contribution in [0.3, 0.4) is 0 Å². The molecule has 2 amide bonds. The Morgan fingerprint density at radius 1 is 1.11 bits per heavy atom. The summed E-state index contributed by atoms with van der Waals surface area (Å²) in [5.41, 5.74) is 1.57. The van der Waals surface area contributed by atoms with Crippen molar-refractivity contribution in [2.24, 2.45) is 5.92 Å². The van der Waals surface area contributed by atoms with Gasteiger partial charge in [-0.05, 0) is 42.0 Å². The van der Waals surface area contributed by atoms with Crippen molar-refractivity contribution in [2.45, 2.75) is 12.1 Å². The lowest BCUT2D eigenvalue weighted by Gasteiger charge is -2.28. The summed E-state index contributed by atoms with van der Waals surface area (Å²) in [5, 5.41) is 2.22. The number of carbonyl (C=O) groups excluding carboxylic acids is 2. The SMILES string of the molecule is COCCN1C(=O)[C@H]2[C@H](ON(c3ccc(Cl)cc3)[C@@H]2c2ccncc2)C1=O. The maximum absolute atomic E-state index is 13.0. The van der Waals surface area contributed by atoms with Gasteiger partial charge >= 0.3 is 0 Å². The van der Waals surface area contributed by atoms with E-state index in [0.717, 1.165) is 11.3 Å². The first-order chi connectivity index (χ1) is 13.1. The Bertz CT molecular complexity index is 846. The molecule has 0 bridgehead atoms. The average molecular weight is 388 g/mol. The molecule has 3 atom stereocenters. The van der Waals surface area contributed by atoms with Gasteiger partial charge in [0.1, 0.15) is 5.92 Å². The molecule has 0 saturated carbocycles. The van der Waals surface area contributed by atoms with Crippen LogP contribution < -0.4 is 5.06 Å². The molecular formula is C19H18ClN3O4. The highest BCUT2D eigenvalue weighted by atomic mass is 35.5. The number of benzene rings is 1. The van der Waals surface area contributed by atoms with E-state index in [0.29, 0.717) is 5.02 Å². The summed E-state index contributed by atoms with van der Waals surface area (Å²) in [5.74, 6) is -1.22. The second-order valence-corrected chi connectivity index (χ2v) is 6.84. The minimum Gasteiger partial charge on any atom is -0.383 e. The lowest BCUT2D eigenvalue weighted by molar-refractivity contribution is -0.143. The van der Waals surface area contributed by atoms with Crippen LogP contribution in [0.2, 0.25) is 5.02 Å². The highest BCUT2D eigenvalue weighted by Gasteiger charge is 2.59. The molecule has 140 valence electrons. The van der Waals surface area contributed by atoms with Gasteiger partial charge in [0.05, 0.1) is 24.9 Å². The van der Waals surface area contributed by atoms with E-state index in [1.54, 1.807) is 41.7 Å². The molecule has 1 aromatic heterocycles. The van der Waals surface area contributed by atoms with E-state index >= 15 is 0 Å². The van der Waals surface area contributed by atoms with Crippen molar-refractivity contribution in [1.29, 1.82) is 0 Å². The number of hydroxylamine groups is 1. The summed E-state index contributed by atoms with van der Waals surface area (Å²) >= 11 is 5.99. The third kappa shape index (κ3) is 3.07. The number of ether oxygens (including phenoxy) is 1. The number of rotatable bonds is 5. The number of hydrogen-bond donors (Lipinski definition) is 0. The molecule has 2 aromatic rings. The maximum Gasteiger partial charge on any atom is 0.262 e. The molecule has 1 aromatic carbocycles. The Morgan fingerprint density at radius 3 is 2.48 bits per heavy atom. The van der Waals surface area contributed by atoms with E-state index < -0.39 is 18.1 Å². The molecule has 0 unspecified atom stereocenters. The molecule has 0 N–H and O–H groups in total. The second kappa shape index (κ2) is 7.26. The normalized spacial score (nSPS) is 24.6. The number of pyridine rings is 1. The number of imide groups is 1. The summed E-state index contributed by atoms with van der Waals surface area (Å²) in [6, 6.07) is 10.3. The summed E-state index contributed by atoms with van der Waals surface area (Å²) in [4.78, 5) is 37.1. The number of anilines is 1. The number of fused-ring (bicyclic) bond motifs is 1. The Balaban J connectivity index is 1.73. The Hall–Kier alpha value is -2.48. The monoisotopic (exact) mass is 387 g/mol. The fourth-order valence-corrected chi connectivity index (χ4v) is 3.71. The van der Waals surface area contributed by atoms with E-state index in [4.69, 9.17) is 21.2 Å². The van der Waals surface area contributed by atoms with Gasteiger partial charge in [-0.1, -0.05) is 11.6 Å². The molecule has 0 radical (unpaired) electrons. The zero-order valence-corrected chi connectivity index (χ0v) is 15.4. The van der Waals surface area contributed by atoms with Gasteiger partial charge in [-0.2, -0.15) is 0 Å². The standard InChI is InChI=1S/C19H18ClN3O4/c1-26-11-10-22-18(24)15-16(12-6-8-21-9-7-12)23(27-17(15)19(22)25)14-4-2-13(20)3-5-14/h2-9,15-17H,10-11H2,1H3/t15-,16-,17+/m1/s1. The Labute approximate surface area is 161 Å². The molecule has 0 spiro atoms. The van der Waals surface area contributed by atoms with E-state index in [-0.39, 0.29) is 25.0 Å². The van der Waals surface area contributed by atoms with Crippen LogP contribution in [0.5, 0.6) is 0 Å². The van der Waals surface area contributed by atoms with Crippen LogP contribution in [-0.4, -0.2) is 48.1 Å². The molecule has 8 heteroatoms. The minimum absolute atomic E-state index is 0.217. The van der Waals surface area contributed by atoms with Crippen LogP contribution in [-0.2, 0) is 19.2 Å². The predicted octanol–water partition coefficient (Wildman–Crippen LogP) is 2.23. The number of hydrogen-bond acceptors (Lipinski definition) is 6. The first-order valence-corrected chi connectivity index (χ1v) is 8.95. The van der Waals surface area contributed by atoms with E-state index in [2.05, 4.69) is 4.98 Å². The first-order valence-electron chi connectivity index (χ1n) is 8.57. The van der Waals surface area contributed by atoms with Crippen LogP contribution >= 0.6 is 11.6 Å². The van der Waals surface area contributed by atoms with Crippen molar-refractivity contribution in [2.75, 3.05) is 25.3 Å². The zero-order valence-electron chi connectivity index (χ0n) is 14.6. The number of nitrogens with zero attached hydrogens (tertiary/aromatic N) is 3. The number of halogens is 1. The number of likely N-dealkylation sites (tertiary alicyclic amines) is 1. The summed E-state index contributed by atoms with van der Waals surface area (Å²) < 4.78 is 5.02. The summed E-state index contributed by atoms with van der Waals surface area (Å²) in [6.45, 7) is 0.506. The van der Waals surface area contributed by atoms with Crippen LogP contribution in [0, 0.1) is 5.92 Å². The fraction of sp³-hybridized carbons (Fsp3) is 0.316. The molecule has 3 heterocycles. The van der Waals surface area contributed by atoms with Crippen molar-refractivity contribution in [3.8, 4) is 0 Å². The molecule has 7 nitrogen and oxygen atoms in total. The quantitative estimate of drug-likeness (QED) is 0.733. The van der Waals surface area contributed by atoms with E-state index in [1.165, 1.54) is 12.0 Å². The molecule has 2 aliphatic heterocycles. The van der Waals surface area contributed by atoms with E-state index in [9.17, 15) is 9.59 Å². The predicted molar refractivity (Wildman–Crippen MR) is 97.9 cm³/mol. The second-order valence-electron chi connectivity index (χ2n) is 6.40. The maximum atomic E-state index is 13.0. The topological polar surface area (TPSA) is 72.0 Å². The van der Waals surface area contributed by atoms with Crippen molar-refractivity contribution < 1.29 is 19.2 Å². The Kier molecular flexibility index (Phi) is 4.82. The smallest absolute Gasteiger partial charge is 0.262 e. The largest absolute Gasteiger partial charge is 0.383 e. The molecule has 4 rings (SSSR count). The third-order valence-corrected chi connectivity index (χ3v) is 5.11. The molecule has 2 fully saturated rings. The molecule has 27 heavy (non-hydrogen) atoms. The first kappa shape index (κ1) is 17.9. The summed E-state index contributed by atoms with van der Waals surface area (Å²) in [7, 11) is 1.53. The van der Waals surface area contributed by atoms with E-state index in [1.807, 2.05) is 12.1 Å². The highest BCUT2D eigenvalue weighted by molar-refractivity contribution is 6.30. The number of methoxy groups -OCH3 is 1. The van der Waals surface area contributed by atoms with Crippen molar-refractivity contribution >= 4 is 29.1 Å². The van der Waals surface area contributed by atoms with Crippen molar-refractivity contribution in [1.82, 2.24) is 9.88 Å². The van der Waals surface area contributed by atoms with Gasteiger partial charge in [-0.3, -0.25) is 24.3 Å². The highest BCUT2D eigenvalue weighted by Crippen LogP contribution is 2.46. The van der Waals surface area contributed by atoms with Crippen LogP contribution in [0.4, 0.5) is 5.69 Å². The molecule has 0 aliphatic carbocycles. The van der Waals surface area contributed by atoms with Crippen molar-refractivity contribution in [3.05, 3.63) is 59.4 Å². The minimum atomic E-state index is -0.858. The zero-order chi connectivity index (χ0) is 19.0. The average Bonchev–Trinajstić information content (AvgIpc) is 3.19. The number of carbonyl (C=O) groups is 2. The van der Waals surface area contributed by atoms with Gasteiger partial charge < -0.3 is 4.74 Å². The van der Waals surface area contributed by atoms with Gasteiger partial charge in [0, 0.05) is 24.5 Å². The van der Waals surface area contributed by atoms with Gasteiger partial charge in [0.15, 0.2) is 6.10 Å². The Morgan fingerprint density at radius 2 is 1.81 bits per heavy atom. The number of amides is 2. The lowest BCUT2D eigenvalue weighted by atomic mass is 9.91. The van der Waals surface area contributed by atoms with Crippen molar-refractivity contribution in [3.63, 3.8) is 0 Å². The van der Waals surface area contributed by atoms with Gasteiger partial charge in [0.2, 0.25) is 5.91 Å². The molecular weight excluding hydrogens is 370 g/mol. The van der Waals surface area contributed by atoms with Gasteiger partial charge in [0.25, 0.3) is 5.91 Å². The lowest BCUT2D eigenvalue weighted by Crippen LogP contribution is -2.39.